The minimum absolute atomic E-state index is 0.0352. The van der Waals surface area contributed by atoms with E-state index in [1.807, 2.05) is 36.6 Å². The fourth-order valence-electron chi connectivity index (χ4n) is 2.56. The van der Waals surface area contributed by atoms with E-state index < -0.39 is 4.92 Å². The van der Waals surface area contributed by atoms with Crippen molar-refractivity contribution in [3.63, 3.8) is 0 Å². The van der Waals surface area contributed by atoms with Gasteiger partial charge in [0, 0.05) is 23.1 Å². The Hall–Kier alpha value is -3.26. The van der Waals surface area contributed by atoms with E-state index in [0.717, 1.165) is 5.69 Å². The molecule has 0 fully saturated rings. The molecule has 1 heterocycles. The summed E-state index contributed by atoms with van der Waals surface area (Å²) in [4.78, 5) is 15.0. The molecule has 0 amide bonds. The number of nitrogens with one attached hydrogen (secondary N) is 1. The third-order valence-corrected chi connectivity index (χ3v) is 5.00. The lowest BCUT2D eigenvalue weighted by Crippen LogP contribution is -2.10. The molecule has 150 valence electrons. The van der Waals surface area contributed by atoms with Gasteiger partial charge < -0.3 is 4.74 Å². The molecule has 0 bridgehead atoms. The summed E-state index contributed by atoms with van der Waals surface area (Å²) in [5.41, 5.74) is 5.41. The molecule has 7 nitrogen and oxygen atoms in total. The van der Waals surface area contributed by atoms with Gasteiger partial charge in [-0.2, -0.15) is 5.10 Å². The molecular weight excluding hydrogens is 388 g/mol. The van der Waals surface area contributed by atoms with Crippen LogP contribution in [-0.4, -0.2) is 16.1 Å². The van der Waals surface area contributed by atoms with Gasteiger partial charge in [0.15, 0.2) is 0 Å². The van der Waals surface area contributed by atoms with E-state index >= 15 is 0 Å². The Balaban J connectivity index is 1.84. The molecule has 8 heteroatoms. The Bertz CT molecular complexity index is 1040. The number of hydrogen-bond acceptors (Lipinski definition) is 7. The van der Waals surface area contributed by atoms with E-state index in [4.69, 9.17) is 4.74 Å². The molecule has 0 radical (unpaired) electrons. The molecule has 0 spiro atoms. The molecule has 0 saturated carbocycles. The first-order valence-corrected chi connectivity index (χ1v) is 9.88. The SMILES string of the molecule is Cc1csc(NN=Cc2cc([N+](=O)[O-])ccc2Oc2ccc(C(C)(C)C)cc2)n1. The van der Waals surface area contributed by atoms with Crippen molar-refractivity contribution in [1.82, 2.24) is 4.98 Å². The number of non-ortho nitro benzene ring substituents is 1. The number of aromatic nitrogens is 1. The summed E-state index contributed by atoms with van der Waals surface area (Å²) in [6, 6.07) is 12.2. The topological polar surface area (TPSA) is 89.7 Å². The number of nitro groups is 1. The quantitative estimate of drug-likeness (QED) is 0.311. The third kappa shape index (κ3) is 5.39. The van der Waals surface area contributed by atoms with Crippen molar-refractivity contribution in [3.05, 3.63) is 74.8 Å². The van der Waals surface area contributed by atoms with Crippen molar-refractivity contribution >= 4 is 28.4 Å². The second kappa shape index (κ2) is 8.40. The van der Waals surface area contributed by atoms with Crippen LogP contribution >= 0.6 is 11.3 Å². The van der Waals surface area contributed by atoms with Crippen LogP contribution in [0.15, 0.2) is 52.9 Å². The number of thiazole rings is 1. The van der Waals surface area contributed by atoms with Crippen LogP contribution < -0.4 is 10.2 Å². The molecule has 3 aromatic rings. The highest BCUT2D eigenvalue weighted by molar-refractivity contribution is 7.13. The van der Waals surface area contributed by atoms with Gasteiger partial charge >= 0.3 is 0 Å². The van der Waals surface area contributed by atoms with Gasteiger partial charge in [-0.05, 0) is 36.1 Å². The van der Waals surface area contributed by atoms with Gasteiger partial charge in [0.05, 0.1) is 16.8 Å². The summed E-state index contributed by atoms with van der Waals surface area (Å²) in [6.45, 7) is 8.32. The fraction of sp³-hybridized carbons (Fsp3) is 0.238. The number of anilines is 1. The standard InChI is InChI=1S/C21H22N4O3S/c1-14-13-29-20(23-14)24-22-12-15-11-17(25(26)27)7-10-19(15)28-18-8-5-16(6-9-18)21(2,3)4/h5-13H,1-4H3,(H,23,24). The summed E-state index contributed by atoms with van der Waals surface area (Å²) in [7, 11) is 0. The number of hydrogen-bond donors (Lipinski definition) is 1. The van der Waals surface area contributed by atoms with Crippen LogP contribution in [0.3, 0.4) is 0 Å². The summed E-state index contributed by atoms with van der Waals surface area (Å²) >= 11 is 1.43. The smallest absolute Gasteiger partial charge is 0.270 e. The third-order valence-electron chi connectivity index (χ3n) is 4.14. The second-order valence-corrected chi connectivity index (χ2v) is 8.38. The van der Waals surface area contributed by atoms with Gasteiger partial charge in [-0.25, -0.2) is 4.98 Å². The van der Waals surface area contributed by atoms with Crippen molar-refractivity contribution in [3.8, 4) is 11.5 Å². The van der Waals surface area contributed by atoms with Crippen molar-refractivity contribution in [1.29, 1.82) is 0 Å². The predicted octanol–water partition coefficient (Wildman–Crippen LogP) is 5.90. The van der Waals surface area contributed by atoms with E-state index in [2.05, 4.69) is 36.3 Å². The molecular formula is C21H22N4O3S. The van der Waals surface area contributed by atoms with E-state index in [1.54, 1.807) is 6.07 Å². The van der Waals surface area contributed by atoms with Gasteiger partial charge in [0.2, 0.25) is 5.13 Å². The molecule has 3 rings (SSSR count). The second-order valence-electron chi connectivity index (χ2n) is 7.52. The number of hydrazone groups is 1. The lowest BCUT2D eigenvalue weighted by Gasteiger charge is -2.19. The number of ether oxygens (including phenoxy) is 1. The van der Waals surface area contributed by atoms with Crippen LogP contribution in [0.2, 0.25) is 0 Å². The monoisotopic (exact) mass is 410 g/mol. The zero-order valence-electron chi connectivity index (χ0n) is 16.7. The van der Waals surface area contributed by atoms with Gasteiger partial charge in [-0.15, -0.1) is 11.3 Å². The normalized spacial score (nSPS) is 11.6. The van der Waals surface area contributed by atoms with Crippen LogP contribution in [0.25, 0.3) is 0 Å². The maximum Gasteiger partial charge on any atom is 0.270 e. The first-order valence-electron chi connectivity index (χ1n) is 9.00. The summed E-state index contributed by atoms with van der Waals surface area (Å²) in [5.74, 6) is 1.12. The lowest BCUT2D eigenvalue weighted by molar-refractivity contribution is -0.384. The molecule has 2 aromatic carbocycles. The Morgan fingerprint density at radius 3 is 2.52 bits per heavy atom. The number of benzene rings is 2. The Morgan fingerprint density at radius 2 is 1.93 bits per heavy atom. The average molecular weight is 410 g/mol. The van der Waals surface area contributed by atoms with E-state index in [1.165, 1.54) is 35.2 Å². The Kier molecular flexibility index (Phi) is 5.93. The first kappa shape index (κ1) is 20.5. The largest absolute Gasteiger partial charge is 0.457 e. The zero-order chi connectivity index (χ0) is 21.0. The van der Waals surface area contributed by atoms with Crippen molar-refractivity contribution in [2.45, 2.75) is 33.1 Å². The maximum atomic E-state index is 11.1. The van der Waals surface area contributed by atoms with Gasteiger partial charge in [-0.1, -0.05) is 32.9 Å². The Labute approximate surface area is 173 Å². The molecule has 0 unspecified atom stereocenters. The minimum Gasteiger partial charge on any atom is -0.457 e. The van der Waals surface area contributed by atoms with Crippen LogP contribution in [0.5, 0.6) is 11.5 Å². The van der Waals surface area contributed by atoms with E-state index in [9.17, 15) is 10.1 Å². The van der Waals surface area contributed by atoms with E-state index in [-0.39, 0.29) is 11.1 Å². The number of rotatable bonds is 6. The summed E-state index contributed by atoms with van der Waals surface area (Å²) in [6.07, 6.45) is 1.49. The van der Waals surface area contributed by atoms with Crippen molar-refractivity contribution < 1.29 is 9.66 Å². The zero-order valence-corrected chi connectivity index (χ0v) is 17.5. The predicted molar refractivity (Wildman–Crippen MR) is 116 cm³/mol. The highest BCUT2D eigenvalue weighted by Gasteiger charge is 2.14. The highest BCUT2D eigenvalue weighted by atomic mass is 32.1. The van der Waals surface area contributed by atoms with Crippen LogP contribution in [-0.2, 0) is 5.41 Å². The lowest BCUT2D eigenvalue weighted by atomic mass is 9.87. The molecule has 1 N–H and O–H groups in total. The van der Waals surface area contributed by atoms with Gasteiger partial charge in [0.1, 0.15) is 11.5 Å². The molecule has 0 aliphatic rings. The van der Waals surface area contributed by atoms with Gasteiger partial charge in [-0.3, -0.25) is 15.5 Å². The molecule has 0 aliphatic carbocycles. The minimum atomic E-state index is -0.448. The van der Waals surface area contributed by atoms with Crippen LogP contribution in [0.4, 0.5) is 10.8 Å². The van der Waals surface area contributed by atoms with E-state index in [0.29, 0.717) is 22.2 Å². The molecule has 0 saturated heterocycles. The molecule has 1 aromatic heterocycles. The molecule has 0 atom stereocenters. The first-order chi connectivity index (χ1) is 13.7. The summed E-state index contributed by atoms with van der Waals surface area (Å²) in [5, 5.41) is 17.8. The van der Waals surface area contributed by atoms with Gasteiger partial charge in [0.25, 0.3) is 5.69 Å². The number of aryl methyl sites for hydroxylation is 1. The maximum absolute atomic E-state index is 11.1. The molecule has 0 aliphatic heterocycles. The average Bonchev–Trinajstić information content (AvgIpc) is 3.07. The fourth-order valence-corrected chi connectivity index (χ4v) is 3.19. The molecule has 29 heavy (non-hydrogen) atoms. The highest BCUT2D eigenvalue weighted by Crippen LogP contribution is 2.30. The van der Waals surface area contributed by atoms with Crippen molar-refractivity contribution in [2.75, 3.05) is 5.43 Å². The number of nitro benzene ring substituents is 1. The summed E-state index contributed by atoms with van der Waals surface area (Å²) < 4.78 is 5.96. The van der Waals surface area contributed by atoms with Crippen LogP contribution in [0, 0.1) is 17.0 Å². The Morgan fingerprint density at radius 1 is 1.21 bits per heavy atom. The van der Waals surface area contributed by atoms with Crippen LogP contribution in [0.1, 0.15) is 37.6 Å². The van der Waals surface area contributed by atoms with Crippen molar-refractivity contribution in [2.24, 2.45) is 5.10 Å². The number of nitrogens with zero attached hydrogens (tertiary/aromatic N) is 3.